The van der Waals surface area contributed by atoms with E-state index in [-0.39, 0.29) is 23.2 Å². The number of fused-ring (bicyclic) bond motifs is 3. The first-order valence-corrected chi connectivity index (χ1v) is 8.73. The molecule has 140 valence electrons. The van der Waals surface area contributed by atoms with E-state index in [0.29, 0.717) is 35.9 Å². The normalized spacial score (nSPS) is 17.1. The van der Waals surface area contributed by atoms with Crippen LogP contribution in [0.15, 0.2) is 29.3 Å². The summed E-state index contributed by atoms with van der Waals surface area (Å²) in [6, 6.07) is 2.72. The van der Waals surface area contributed by atoms with Crippen molar-refractivity contribution in [1.29, 1.82) is 0 Å². The molecular formula is C19H18FN3O4. The van der Waals surface area contributed by atoms with Gasteiger partial charge in [-0.25, -0.2) is 9.18 Å². The third kappa shape index (κ3) is 2.64. The highest BCUT2D eigenvalue weighted by Gasteiger charge is 2.26. The number of pyridine rings is 2. The fourth-order valence-corrected chi connectivity index (χ4v) is 3.75. The molecule has 2 N–H and O–H groups in total. The molecule has 0 bridgehead atoms. The van der Waals surface area contributed by atoms with E-state index in [1.54, 1.807) is 9.47 Å². The van der Waals surface area contributed by atoms with Crippen molar-refractivity contribution in [3.05, 3.63) is 46.1 Å². The summed E-state index contributed by atoms with van der Waals surface area (Å²) in [5, 5.41) is 19.8. The molecule has 27 heavy (non-hydrogen) atoms. The molecule has 0 saturated carbocycles. The van der Waals surface area contributed by atoms with Crippen LogP contribution in [0.4, 0.5) is 10.1 Å². The number of rotatable bonds is 3. The van der Waals surface area contributed by atoms with Crippen molar-refractivity contribution >= 4 is 33.5 Å². The number of β-amino-alcohol motifs (C(OH)–C–C–N with tert-alkyl or cyclic N) is 1. The van der Waals surface area contributed by atoms with Gasteiger partial charge in [0.15, 0.2) is 0 Å². The summed E-state index contributed by atoms with van der Waals surface area (Å²) in [5.74, 6) is -1.80. The van der Waals surface area contributed by atoms with Gasteiger partial charge in [-0.1, -0.05) is 0 Å². The number of hydrogen-bond acceptors (Lipinski definition) is 5. The Bertz CT molecular complexity index is 1140. The van der Waals surface area contributed by atoms with Gasteiger partial charge in [0, 0.05) is 31.2 Å². The SMILES string of the molecule is CCn1cc(C(=O)O)c(=O)c2c3ccc(F)c(N4CCC(O)C4)c3ncc21. The Kier molecular flexibility index (Phi) is 4.07. The molecule has 1 unspecified atom stereocenters. The fourth-order valence-electron chi connectivity index (χ4n) is 3.75. The average Bonchev–Trinajstić information content (AvgIpc) is 3.06. The summed E-state index contributed by atoms with van der Waals surface area (Å²) >= 11 is 0. The Morgan fingerprint density at radius 1 is 1.41 bits per heavy atom. The molecule has 0 radical (unpaired) electrons. The van der Waals surface area contributed by atoms with Crippen molar-refractivity contribution < 1.29 is 19.4 Å². The molecule has 1 aliphatic rings. The molecule has 0 aliphatic carbocycles. The first-order chi connectivity index (χ1) is 12.9. The number of carbonyl (C=O) groups is 1. The van der Waals surface area contributed by atoms with E-state index in [1.807, 2.05) is 6.92 Å². The van der Waals surface area contributed by atoms with Gasteiger partial charge in [-0.15, -0.1) is 0 Å². The van der Waals surface area contributed by atoms with Crippen molar-refractivity contribution in [3.63, 3.8) is 0 Å². The van der Waals surface area contributed by atoms with Crippen molar-refractivity contribution in [1.82, 2.24) is 9.55 Å². The van der Waals surface area contributed by atoms with E-state index in [9.17, 15) is 24.2 Å². The first-order valence-electron chi connectivity index (χ1n) is 8.73. The summed E-state index contributed by atoms with van der Waals surface area (Å²) in [4.78, 5) is 30.5. The number of aromatic nitrogens is 2. The number of anilines is 1. The number of carboxylic acid groups (broad SMARTS) is 1. The number of benzene rings is 1. The molecule has 4 rings (SSSR count). The van der Waals surface area contributed by atoms with Crippen molar-refractivity contribution in [2.75, 3.05) is 18.0 Å². The topological polar surface area (TPSA) is 95.7 Å². The van der Waals surface area contributed by atoms with Crippen LogP contribution in [0.1, 0.15) is 23.7 Å². The predicted octanol–water partition coefficient (Wildman–Crippen LogP) is 1.98. The summed E-state index contributed by atoms with van der Waals surface area (Å²) in [5.41, 5.74) is 0.0694. The molecule has 0 spiro atoms. The van der Waals surface area contributed by atoms with Crippen LogP contribution in [0.5, 0.6) is 0 Å². The van der Waals surface area contributed by atoms with Gasteiger partial charge in [0.25, 0.3) is 0 Å². The van der Waals surface area contributed by atoms with Gasteiger partial charge < -0.3 is 19.7 Å². The van der Waals surface area contributed by atoms with Crippen LogP contribution in [-0.2, 0) is 6.54 Å². The van der Waals surface area contributed by atoms with Gasteiger partial charge in [-0.05, 0) is 25.5 Å². The summed E-state index contributed by atoms with van der Waals surface area (Å²) < 4.78 is 16.3. The lowest BCUT2D eigenvalue weighted by Gasteiger charge is -2.21. The molecule has 1 aromatic carbocycles. The first kappa shape index (κ1) is 17.4. The Labute approximate surface area is 153 Å². The van der Waals surface area contributed by atoms with Gasteiger partial charge in [-0.2, -0.15) is 0 Å². The van der Waals surface area contributed by atoms with E-state index >= 15 is 0 Å². The van der Waals surface area contributed by atoms with Gasteiger partial charge in [0.1, 0.15) is 11.4 Å². The molecular weight excluding hydrogens is 353 g/mol. The number of hydrogen-bond donors (Lipinski definition) is 2. The van der Waals surface area contributed by atoms with Crippen LogP contribution >= 0.6 is 0 Å². The lowest BCUT2D eigenvalue weighted by molar-refractivity contribution is 0.0695. The van der Waals surface area contributed by atoms with Crippen LogP contribution in [0.2, 0.25) is 0 Å². The minimum absolute atomic E-state index is 0.211. The summed E-state index contributed by atoms with van der Waals surface area (Å²) in [7, 11) is 0. The summed E-state index contributed by atoms with van der Waals surface area (Å²) in [6.07, 6.45) is 2.76. The second-order valence-corrected chi connectivity index (χ2v) is 6.66. The fraction of sp³-hybridized carbons (Fsp3) is 0.316. The largest absolute Gasteiger partial charge is 0.477 e. The molecule has 1 saturated heterocycles. The second-order valence-electron chi connectivity index (χ2n) is 6.66. The molecule has 0 amide bonds. The maximum absolute atomic E-state index is 14.6. The third-order valence-electron chi connectivity index (χ3n) is 5.06. The smallest absolute Gasteiger partial charge is 0.341 e. The van der Waals surface area contributed by atoms with Crippen LogP contribution in [-0.4, -0.2) is 44.9 Å². The minimum Gasteiger partial charge on any atom is -0.477 e. The number of aliphatic hydroxyl groups excluding tert-OH is 1. The highest BCUT2D eigenvalue weighted by atomic mass is 19.1. The molecule has 1 fully saturated rings. The number of aliphatic hydroxyl groups is 1. The third-order valence-corrected chi connectivity index (χ3v) is 5.06. The summed E-state index contributed by atoms with van der Waals surface area (Å²) in [6.45, 7) is 3.05. The number of nitrogens with zero attached hydrogens (tertiary/aromatic N) is 3. The van der Waals surface area contributed by atoms with E-state index < -0.39 is 23.3 Å². The zero-order chi connectivity index (χ0) is 19.3. The molecule has 3 aromatic rings. The molecule has 1 aliphatic heterocycles. The van der Waals surface area contributed by atoms with Crippen LogP contribution in [0, 0.1) is 5.82 Å². The molecule has 3 heterocycles. The maximum Gasteiger partial charge on any atom is 0.341 e. The average molecular weight is 371 g/mol. The van der Waals surface area contributed by atoms with E-state index in [0.717, 1.165) is 0 Å². The zero-order valence-corrected chi connectivity index (χ0v) is 14.6. The van der Waals surface area contributed by atoms with Gasteiger partial charge in [0.2, 0.25) is 5.43 Å². The Morgan fingerprint density at radius 3 is 2.81 bits per heavy atom. The molecule has 1 atom stereocenters. The second kappa shape index (κ2) is 6.31. The van der Waals surface area contributed by atoms with E-state index in [2.05, 4.69) is 4.98 Å². The quantitative estimate of drug-likeness (QED) is 0.684. The van der Waals surface area contributed by atoms with Crippen molar-refractivity contribution in [3.8, 4) is 0 Å². The lowest BCUT2D eigenvalue weighted by Crippen LogP contribution is -2.23. The highest BCUT2D eigenvalue weighted by Crippen LogP contribution is 2.33. The highest BCUT2D eigenvalue weighted by molar-refractivity contribution is 6.09. The van der Waals surface area contributed by atoms with Gasteiger partial charge >= 0.3 is 5.97 Å². The number of halogens is 1. The lowest BCUT2D eigenvalue weighted by atomic mass is 10.1. The maximum atomic E-state index is 14.6. The number of aromatic carboxylic acids is 1. The van der Waals surface area contributed by atoms with Crippen molar-refractivity contribution in [2.24, 2.45) is 0 Å². The van der Waals surface area contributed by atoms with Crippen LogP contribution in [0.25, 0.3) is 21.8 Å². The van der Waals surface area contributed by atoms with Crippen molar-refractivity contribution in [2.45, 2.75) is 26.0 Å². The van der Waals surface area contributed by atoms with Crippen LogP contribution < -0.4 is 10.3 Å². The Hall–Kier alpha value is -3.00. The van der Waals surface area contributed by atoms with E-state index in [4.69, 9.17) is 0 Å². The van der Waals surface area contributed by atoms with Gasteiger partial charge in [0.05, 0.1) is 34.4 Å². The van der Waals surface area contributed by atoms with E-state index in [1.165, 1.54) is 24.5 Å². The Morgan fingerprint density at radius 2 is 2.19 bits per heavy atom. The number of carboxylic acids is 1. The Balaban J connectivity index is 2.12. The standard InChI is InChI=1S/C19H18FN3O4/c1-2-22-9-12(19(26)27)18(25)15-11-3-4-13(20)17(16(11)21-7-14(15)22)23-6-5-10(24)8-23/h3-4,7,9-10,24H,2,5-6,8H2,1H3,(H,26,27). The van der Waals surface area contributed by atoms with Gasteiger partial charge in [-0.3, -0.25) is 9.78 Å². The minimum atomic E-state index is -1.31. The molecule has 8 heteroatoms. The zero-order valence-electron chi connectivity index (χ0n) is 14.6. The predicted molar refractivity (Wildman–Crippen MR) is 98.9 cm³/mol. The van der Waals surface area contributed by atoms with Crippen LogP contribution in [0.3, 0.4) is 0 Å². The monoisotopic (exact) mass is 371 g/mol. The molecule has 2 aromatic heterocycles. The molecule has 7 nitrogen and oxygen atoms in total. The number of aryl methyl sites for hydroxylation is 1.